The topological polar surface area (TPSA) is 88.5 Å². The van der Waals surface area contributed by atoms with E-state index in [1.54, 1.807) is 34.9 Å². The van der Waals surface area contributed by atoms with Gasteiger partial charge in [0, 0.05) is 23.7 Å². The Kier molecular flexibility index (Phi) is 6.71. The maximum Gasteiger partial charge on any atom is 0.308 e. The number of carbonyl (C=O) groups excluding carboxylic acids is 1. The molecule has 0 unspecified atom stereocenters. The van der Waals surface area contributed by atoms with Gasteiger partial charge in [0.25, 0.3) is 0 Å². The molecule has 30 heavy (non-hydrogen) atoms. The number of anilines is 1. The fourth-order valence-electron chi connectivity index (χ4n) is 3.02. The van der Waals surface area contributed by atoms with Crippen LogP contribution in [0.1, 0.15) is 19.9 Å². The van der Waals surface area contributed by atoms with Gasteiger partial charge in [-0.15, -0.1) is 11.8 Å². The van der Waals surface area contributed by atoms with Crippen LogP contribution in [0.25, 0.3) is 10.2 Å². The highest BCUT2D eigenvalue weighted by Gasteiger charge is 2.23. The number of thioether (sulfide) groups is 1. The zero-order valence-corrected chi connectivity index (χ0v) is 19.5. The van der Waals surface area contributed by atoms with Crippen molar-refractivity contribution in [3.63, 3.8) is 0 Å². The number of rotatable bonds is 7. The van der Waals surface area contributed by atoms with Gasteiger partial charge in [0.05, 0.1) is 21.7 Å². The molecule has 0 spiro atoms. The highest BCUT2D eigenvalue weighted by Crippen LogP contribution is 2.24. The van der Waals surface area contributed by atoms with Crippen molar-refractivity contribution in [1.82, 2.24) is 8.87 Å². The van der Waals surface area contributed by atoms with Gasteiger partial charge < -0.3 is 5.32 Å². The van der Waals surface area contributed by atoms with E-state index < -0.39 is 15.9 Å². The van der Waals surface area contributed by atoms with Crippen LogP contribution in [0.3, 0.4) is 0 Å². The Balaban J connectivity index is 1.73. The first-order valence-corrected chi connectivity index (χ1v) is 12.7. The van der Waals surface area contributed by atoms with Crippen molar-refractivity contribution in [2.75, 3.05) is 25.2 Å². The molecule has 1 aromatic heterocycles. The maximum atomic E-state index is 12.7. The third kappa shape index (κ3) is 4.61. The Bertz CT molecular complexity index is 1230. The molecule has 3 rings (SSSR count). The summed E-state index contributed by atoms with van der Waals surface area (Å²) in [5.41, 5.74) is 1.33. The zero-order valence-electron chi connectivity index (χ0n) is 17.1. The molecule has 0 radical (unpaired) electrons. The molecule has 3 aromatic rings. The molecule has 0 saturated heterocycles. The van der Waals surface area contributed by atoms with Gasteiger partial charge >= 0.3 is 4.87 Å². The molecule has 160 valence electrons. The average Bonchev–Trinajstić information content (AvgIpc) is 3.02. The molecule has 1 heterocycles. The van der Waals surface area contributed by atoms with Crippen LogP contribution in [0.4, 0.5) is 5.69 Å². The minimum Gasteiger partial charge on any atom is -0.325 e. The summed E-state index contributed by atoms with van der Waals surface area (Å²) in [6.07, 6.45) is 1.91. The number of sulfonamides is 1. The van der Waals surface area contributed by atoms with Crippen LogP contribution in [0.5, 0.6) is 0 Å². The quantitative estimate of drug-likeness (QED) is 0.539. The number of nitrogens with one attached hydrogen (secondary N) is 1. The van der Waals surface area contributed by atoms with E-state index in [2.05, 4.69) is 5.32 Å². The van der Waals surface area contributed by atoms with Crippen LogP contribution < -0.4 is 10.2 Å². The molecule has 7 nitrogen and oxygen atoms in total. The number of carbonyl (C=O) groups is 1. The Labute approximate surface area is 183 Å². The van der Waals surface area contributed by atoms with Crippen molar-refractivity contribution in [3.8, 4) is 0 Å². The number of aromatic nitrogens is 1. The first-order valence-electron chi connectivity index (χ1n) is 9.19. The van der Waals surface area contributed by atoms with Gasteiger partial charge in [-0.05, 0) is 62.6 Å². The van der Waals surface area contributed by atoms with E-state index in [9.17, 15) is 18.0 Å². The molecule has 2 aromatic carbocycles. The second-order valence-corrected chi connectivity index (χ2v) is 10.9. The number of likely N-dealkylation sites (N-methyl/N-ethyl adjacent to an activating group) is 1. The molecule has 0 aliphatic carbocycles. The van der Waals surface area contributed by atoms with Crippen molar-refractivity contribution in [2.24, 2.45) is 0 Å². The van der Waals surface area contributed by atoms with E-state index in [4.69, 9.17) is 0 Å². The van der Waals surface area contributed by atoms with Crippen LogP contribution >= 0.6 is 23.1 Å². The first-order chi connectivity index (χ1) is 14.1. The van der Waals surface area contributed by atoms with E-state index in [-0.39, 0.29) is 22.4 Å². The summed E-state index contributed by atoms with van der Waals surface area (Å²) in [7, 11) is -2.41. The molecular weight excluding hydrogens is 442 g/mol. The molecule has 0 bridgehead atoms. The second kappa shape index (κ2) is 8.93. The molecule has 0 saturated carbocycles. The molecule has 1 amide bonds. The van der Waals surface area contributed by atoms with E-state index >= 15 is 0 Å². The summed E-state index contributed by atoms with van der Waals surface area (Å²) < 4.78 is 28.9. The van der Waals surface area contributed by atoms with E-state index in [0.29, 0.717) is 5.69 Å². The number of thiazole rings is 1. The summed E-state index contributed by atoms with van der Waals surface area (Å²) in [5.74, 6) is -0.461. The first kappa shape index (κ1) is 22.5. The minimum atomic E-state index is -3.78. The summed E-state index contributed by atoms with van der Waals surface area (Å²) in [6.45, 7) is 3.55. The average molecular weight is 466 g/mol. The number of nitrogens with zero attached hydrogens (tertiary/aromatic N) is 2. The number of benzene rings is 2. The SMILES string of the molecule is CSc1ccc(S(=O)(=O)N(C)CC(=O)Nc2ccc3c(c2)sc(=O)n3C(C)C)cc1. The monoisotopic (exact) mass is 465 g/mol. The van der Waals surface area contributed by atoms with Crippen molar-refractivity contribution in [2.45, 2.75) is 29.7 Å². The van der Waals surface area contributed by atoms with Crippen LogP contribution in [0, 0.1) is 0 Å². The predicted octanol–water partition coefficient (Wildman–Crippen LogP) is 3.63. The third-order valence-corrected chi connectivity index (χ3v) is 8.03. The van der Waals surface area contributed by atoms with E-state index in [1.165, 1.54) is 30.9 Å². The van der Waals surface area contributed by atoms with Crippen molar-refractivity contribution in [1.29, 1.82) is 0 Å². The lowest BCUT2D eigenvalue weighted by Crippen LogP contribution is -2.34. The minimum absolute atomic E-state index is 0.0375. The maximum absolute atomic E-state index is 12.7. The fraction of sp³-hybridized carbons (Fsp3) is 0.300. The van der Waals surface area contributed by atoms with Crippen molar-refractivity contribution in [3.05, 3.63) is 52.1 Å². The van der Waals surface area contributed by atoms with Gasteiger partial charge in [-0.3, -0.25) is 14.2 Å². The standard InChI is InChI=1S/C20H23N3O4S3/c1-13(2)23-17-10-5-14(11-18(17)29-20(23)25)21-19(24)12-22(3)30(26,27)16-8-6-15(28-4)7-9-16/h5-11,13H,12H2,1-4H3,(H,21,24). The number of hydrogen-bond acceptors (Lipinski definition) is 6. The van der Waals surface area contributed by atoms with Gasteiger partial charge in [0.1, 0.15) is 0 Å². The van der Waals surface area contributed by atoms with Gasteiger partial charge in [-0.25, -0.2) is 8.42 Å². The number of hydrogen-bond donors (Lipinski definition) is 1. The number of amides is 1. The van der Waals surface area contributed by atoms with Crippen LogP contribution in [0.2, 0.25) is 0 Å². The molecule has 0 fully saturated rings. The van der Waals surface area contributed by atoms with Gasteiger partial charge in [0.2, 0.25) is 15.9 Å². The third-order valence-electron chi connectivity index (χ3n) is 4.55. The summed E-state index contributed by atoms with van der Waals surface area (Å²) in [5, 5.41) is 2.71. The Morgan fingerprint density at radius 2 is 1.87 bits per heavy atom. The number of fused-ring (bicyclic) bond motifs is 1. The molecule has 0 aliphatic rings. The lowest BCUT2D eigenvalue weighted by atomic mass is 10.2. The van der Waals surface area contributed by atoms with Crippen LogP contribution in [-0.2, 0) is 14.8 Å². The molecule has 1 N–H and O–H groups in total. The predicted molar refractivity (Wildman–Crippen MR) is 123 cm³/mol. The molecule has 10 heteroatoms. The van der Waals surface area contributed by atoms with Gasteiger partial charge in [-0.1, -0.05) is 11.3 Å². The van der Waals surface area contributed by atoms with Crippen molar-refractivity contribution < 1.29 is 13.2 Å². The Hall–Kier alpha value is -2.14. The lowest BCUT2D eigenvalue weighted by Gasteiger charge is -2.17. The zero-order chi connectivity index (χ0) is 22.1. The van der Waals surface area contributed by atoms with Crippen LogP contribution in [0.15, 0.2) is 57.1 Å². The lowest BCUT2D eigenvalue weighted by molar-refractivity contribution is -0.116. The smallest absolute Gasteiger partial charge is 0.308 e. The molecular formula is C20H23N3O4S3. The molecule has 0 aliphatic heterocycles. The highest BCUT2D eigenvalue weighted by atomic mass is 32.2. The van der Waals surface area contributed by atoms with Gasteiger partial charge in [0.15, 0.2) is 0 Å². The van der Waals surface area contributed by atoms with E-state index in [1.807, 2.05) is 20.1 Å². The molecule has 0 atom stereocenters. The fourth-order valence-corrected chi connectivity index (χ4v) is 5.61. The Morgan fingerprint density at radius 1 is 1.20 bits per heavy atom. The summed E-state index contributed by atoms with van der Waals surface area (Å²) in [4.78, 5) is 25.6. The second-order valence-electron chi connectivity index (χ2n) is 7.00. The normalized spacial score (nSPS) is 12.1. The van der Waals surface area contributed by atoms with Crippen molar-refractivity contribution >= 4 is 54.9 Å². The summed E-state index contributed by atoms with van der Waals surface area (Å²) >= 11 is 2.63. The van der Waals surface area contributed by atoms with Gasteiger partial charge in [-0.2, -0.15) is 4.31 Å². The van der Waals surface area contributed by atoms with Crippen LogP contribution in [-0.4, -0.2) is 43.0 Å². The summed E-state index contributed by atoms with van der Waals surface area (Å²) in [6, 6.07) is 11.8. The largest absolute Gasteiger partial charge is 0.325 e. The van der Waals surface area contributed by atoms with E-state index in [0.717, 1.165) is 30.8 Å². The highest BCUT2D eigenvalue weighted by molar-refractivity contribution is 7.98. The Morgan fingerprint density at radius 3 is 2.47 bits per heavy atom.